The second-order valence-electron chi connectivity index (χ2n) is 8.82. The van der Waals surface area contributed by atoms with Crippen molar-refractivity contribution in [2.24, 2.45) is 0 Å². The number of benzene rings is 2. The van der Waals surface area contributed by atoms with E-state index in [-0.39, 0.29) is 17.8 Å². The lowest BCUT2D eigenvalue weighted by Gasteiger charge is -2.34. The van der Waals surface area contributed by atoms with Gasteiger partial charge in [0.25, 0.3) is 0 Å². The van der Waals surface area contributed by atoms with Gasteiger partial charge in [-0.2, -0.15) is 0 Å². The number of phenols is 1. The average molecular weight is 397 g/mol. The minimum Gasteiger partial charge on any atom is -0.507 e. The van der Waals surface area contributed by atoms with Crippen molar-refractivity contribution in [2.75, 3.05) is 39.3 Å². The summed E-state index contributed by atoms with van der Waals surface area (Å²) in [5, 5.41) is 20.1. The van der Waals surface area contributed by atoms with Gasteiger partial charge in [0, 0.05) is 61.5 Å². The maximum absolute atomic E-state index is 13.1. The molecule has 29 heavy (non-hydrogen) atoms. The molecule has 0 aliphatic carbocycles. The molecule has 1 aliphatic rings. The fourth-order valence-corrected chi connectivity index (χ4v) is 3.83. The Bertz CT molecular complexity index is 835. The van der Waals surface area contributed by atoms with E-state index in [0.29, 0.717) is 30.0 Å². The number of nitrogens with zero attached hydrogens (tertiary/aromatic N) is 2. The van der Waals surface area contributed by atoms with Crippen molar-refractivity contribution in [3.05, 3.63) is 64.7 Å². The van der Waals surface area contributed by atoms with E-state index in [2.05, 4.69) is 30.6 Å². The largest absolute Gasteiger partial charge is 0.507 e. The summed E-state index contributed by atoms with van der Waals surface area (Å²) < 4.78 is 0. The highest BCUT2D eigenvalue weighted by atomic mass is 16.3. The zero-order valence-electron chi connectivity index (χ0n) is 17.7. The summed E-state index contributed by atoms with van der Waals surface area (Å²) in [4.78, 5) is 17.6. The number of phenolic OH excluding ortho intramolecular Hbond substituents is 1. The first kappa shape index (κ1) is 21.5. The van der Waals surface area contributed by atoms with Gasteiger partial charge in [0.2, 0.25) is 0 Å². The molecule has 0 radical (unpaired) electrons. The number of hydrogen-bond donors (Lipinski definition) is 2. The smallest absolute Gasteiger partial charge is 0.193 e. The summed E-state index contributed by atoms with van der Waals surface area (Å²) in [6, 6.07) is 13.0. The molecule has 0 saturated carbocycles. The van der Waals surface area contributed by atoms with Gasteiger partial charge in [0.1, 0.15) is 5.75 Å². The third-order valence-electron chi connectivity index (χ3n) is 5.57. The fraction of sp³-hybridized carbons (Fsp3) is 0.458. The summed E-state index contributed by atoms with van der Waals surface area (Å²) in [6.45, 7) is 11.2. The molecule has 1 aliphatic heterocycles. The number of β-amino-alcohol motifs (C(OH)–C–C–N with tert-alkyl or cyclic N) is 1. The number of carbonyl (C=O) groups excluding carboxylic acids is 1. The quantitative estimate of drug-likeness (QED) is 0.735. The standard InChI is InChI=1S/C24H32N2O3/c1-24(2,3)21-16-19(22(28)18-7-5-4-6-8-18)15-20(23(21)29)17-26-11-9-25(10-12-26)13-14-27/h4-8,15-16,27,29H,9-14,17H2,1-3H3. The molecular weight excluding hydrogens is 364 g/mol. The molecule has 156 valence electrons. The molecule has 0 aromatic heterocycles. The predicted octanol–water partition coefficient (Wildman–Crippen LogP) is 3.03. The summed E-state index contributed by atoms with van der Waals surface area (Å²) in [7, 11) is 0. The Morgan fingerprint density at radius 1 is 0.966 bits per heavy atom. The molecule has 0 spiro atoms. The summed E-state index contributed by atoms with van der Waals surface area (Å²) in [5.41, 5.74) is 2.60. The number of hydrogen-bond acceptors (Lipinski definition) is 5. The van der Waals surface area contributed by atoms with Crippen LogP contribution in [0.3, 0.4) is 0 Å². The number of aliphatic hydroxyl groups excluding tert-OH is 1. The second-order valence-corrected chi connectivity index (χ2v) is 8.82. The zero-order valence-corrected chi connectivity index (χ0v) is 17.7. The third kappa shape index (κ3) is 5.24. The van der Waals surface area contributed by atoms with Crippen molar-refractivity contribution in [1.29, 1.82) is 0 Å². The van der Waals surface area contributed by atoms with Crippen LogP contribution in [0.5, 0.6) is 5.75 Å². The van der Waals surface area contributed by atoms with E-state index in [1.165, 1.54) is 0 Å². The monoisotopic (exact) mass is 396 g/mol. The Balaban J connectivity index is 1.89. The average Bonchev–Trinajstić information content (AvgIpc) is 2.70. The van der Waals surface area contributed by atoms with Crippen molar-refractivity contribution in [3.63, 3.8) is 0 Å². The number of carbonyl (C=O) groups is 1. The van der Waals surface area contributed by atoms with Gasteiger partial charge in [-0.15, -0.1) is 0 Å². The Morgan fingerprint density at radius 3 is 2.17 bits per heavy atom. The van der Waals surface area contributed by atoms with Crippen LogP contribution < -0.4 is 0 Å². The van der Waals surface area contributed by atoms with Crippen molar-refractivity contribution < 1.29 is 15.0 Å². The van der Waals surface area contributed by atoms with E-state index in [9.17, 15) is 9.90 Å². The zero-order chi connectivity index (χ0) is 21.0. The van der Waals surface area contributed by atoms with Gasteiger partial charge in [-0.25, -0.2) is 0 Å². The Hall–Kier alpha value is -2.21. The van der Waals surface area contributed by atoms with Crippen LogP contribution in [-0.2, 0) is 12.0 Å². The van der Waals surface area contributed by atoms with Gasteiger partial charge in [0.15, 0.2) is 5.78 Å². The molecule has 3 rings (SSSR count). The molecule has 5 heteroatoms. The lowest BCUT2D eigenvalue weighted by atomic mass is 9.83. The Morgan fingerprint density at radius 2 is 1.59 bits per heavy atom. The van der Waals surface area contributed by atoms with Gasteiger partial charge in [0.05, 0.1) is 6.61 Å². The molecule has 0 amide bonds. The molecule has 1 fully saturated rings. The molecule has 2 N–H and O–H groups in total. The summed E-state index contributed by atoms with van der Waals surface area (Å²) in [6.07, 6.45) is 0. The maximum Gasteiger partial charge on any atom is 0.193 e. The first-order valence-electron chi connectivity index (χ1n) is 10.3. The lowest BCUT2D eigenvalue weighted by Crippen LogP contribution is -2.46. The van der Waals surface area contributed by atoms with Crippen molar-refractivity contribution in [1.82, 2.24) is 9.80 Å². The van der Waals surface area contributed by atoms with Crippen LogP contribution in [0.1, 0.15) is 47.8 Å². The van der Waals surface area contributed by atoms with E-state index in [1.807, 2.05) is 42.5 Å². The number of aliphatic hydroxyl groups is 1. The van der Waals surface area contributed by atoms with Crippen molar-refractivity contribution in [3.8, 4) is 5.75 Å². The molecule has 2 aromatic carbocycles. The molecule has 0 unspecified atom stereocenters. The molecule has 0 atom stereocenters. The molecule has 1 saturated heterocycles. The van der Waals surface area contributed by atoms with Crippen LogP contribution in [0, 0.1) is 0 Å². The minimum absolute atomic E-state index is 0.0230. The van der Waals surface area contributed by atoms with Gasteiger partial charge in [-0.05, 0) is 17.5 Å². The second kappa shape index (κ2) is 9.08. The summed E-state index contributed by atoms with van der Waals surface area (Å²) >= 11 is 0. The molecule has 0 bridgehead atoms. The normalized spacial score (nSPS) is 16.1. The number of aromatic hydroxyl groups is 1. The van der Waals surface area contributed by atoms with Crippen LogP contribution in [0.4, 0.5) is 0 Å². The van der Waals surface area contributed by atoms with Crippen LogP contribution >= 0.6 is 0 Å². The van der Waals surface area contributed by atoms with E-state index in [4.69, 9.17) is 5.11 Å². The fourth-order valence-electron chi connectivity index (χ4n) is 3.83. The molecule has 1 heterocycles. The van der Waals surface area contributed by atoms with Crippen molar-refractivity contribution in [2.45, 2.75) is 32.7 Å². The van der Waals surface area contributed by atoms with E-state index in [0.717, 1.165) is 37.3 Å². The minimum atomic E-state index is -0.272. The molecule has 2 aromatic rings. The van der Waals surface area contributed by atoms with Gasteiger partial charge < -0.3 is 10.2 Å². The highest BCUT2D eigenvalue weighted by Crippen LogP contribution is 2.35. The number of rotatable bonds is 6. The number of ketones is 1. The van der Waals surface area contributed by atoms with Crippen molar-refractivity contribution >= 4 is 5.78 Å². The van der Waals surface area contributed by atoms with E-state index >= 15 is 0 Å². The van der Waals surface area contributed by atoms with Crippen LogP contribution in [0.25, 0.3) is 0 Å². The van der Waals surface area contributed by atoms with Crippen LogP contribution in [0.2, 0.25) is 0 Å². The van der Waals surface area contributed by atoms with E-state index < -0.39 is 0 Å². The topological polar surface area (TPSA) is 64.0 Å². The first-order valence-corrected chi connectivity index (χ1v) is 10.3. The Labute approximate surface area is 173 Å². The Kier molecular flexibility index (Phi) is 6.73. The highest BCUT2D eigenvalue weighted by molar-refractivity contribution is 6.09. The SMILES string of the molecule is CC(C)(C)c1cc(C(=O)c2ccccc2)cc(CN2CCN(CCO)CC2)c1O. The van der Waals surface area contributed by atoms with E-state index in [1.54, 1.807) is 0 Å². The highest BCUT2D eigenvalue weighted by Gasteiger charge is 2.25. The van der Waals surface area contributed by atoms with Gasteiger partial charge >= 0.3 is 0 Å². The maximum atomic E-state index is 13.1. The lowest BCUT2D eigenvalue weighted by molar-refractivity contribution is 0.103. The predicted molar refractivity (Wildman–Crippen MR) is 115 cm³/mol. The molecule has 5 nitrogen and oxygen atoms in total. The summed E-state index contributed by atoms with van der Waals surface area (Å²) in [5.74, 6) is 0.269. The van der Waals surface area contributed by atoms with Crippen LogP contribution in [0.15, 0.2) is 42.5 Å². The van der Waals surface area contributed by atoms with Gasteiger partial charge in [-0.3, -0.25) is 14.6 Å². The number of piperazine rings is 1. The molecular formula is C24H32N2O3. The van der Waals surface area contributed by atoms with Gasteiger partial charge in [-0.1, -0.05) is 51.1 Å². The first-order chi connectivity index (χ1) is 13.8. The van der Waals surface area contributed by atoms with Crippen LogP contribution in [-0.4, -0.2) is 65.1 Å². The third-order valence-corrected chi connectivity index (χ3v) is 5.57.